The SMILES string of the molecule is CCc1ccccc1OCCNC(=O)NC1CCCC1. The lowest BCUT2D eigenvalue weighted by molar-refractivity contribution is 0.232. The molecule has 1 aromatic rings. The first-order valence-corrected chi connectivity index (χ1v) is 7.54. The van der Waals surface area contributed by atoms with Crippen LogP contribution in [0.15, 0.2) is 24.3 Å². The van der Waals surface area contributed by atoms with Crippen LogP contribution in [0.4, 0.5) is 4.79 Å². The Bertz CT molecular complexity index is 428. The van der Waals surface area contributed by atoms with E-state index in [0.717, 1.165) is 25.0 Å². The molecule has 0 atom stereocenters. The van der Waals surface area contributed by atoms with E-state index < -0.39 is 0 Å². The lowest BCUT2D eigenvalue weighted by Gasteiger charge is -2.14. The Morgan fingerprint density at radius 3 is 2.80 bits per heavy atom. The third-order valence-corrected chi connectivity index (χ3v) is 3.69. The van der Waals surface area contributed by atoms with Gasteiger partial charge in [-0.15, -0.1) is 0 Å². The number of hydrogen-bond donors (Lipinski definition) is 2. The monoisotopic (exact) mass is 276 g/mol. The van der Waals surface area contributed by atoms with Gasteiger partial charge in [-0.1, -0.05) is 38.0 Å². The van der Waals surface area contributed by atoms with E-state index in [1.165, 1.54) is 18.4 Å². The van der Waals surface area contributed by atoms with E-state index in [-0.39, 0.29) is 6.03 Å². The highest BCUT2D eigenvalue weighted by atomic mass is 16.5. The first kappa shape index (κ1) is 14.7. The molecule has 1 fully saturated rings. The van der Waals surface area contributed by atoms with Crippen LogP contribution < -0.4 is 15.4 Å². The van der Waals surface area contributed by atoms with Gasteiger partial charge in [0.05, 0.1) is 6.54 Å². The van der Waals surface area contributed by atoms with Gasteiger partial charge in [-0.25, -0.2) is 4.79 Å². The lowest BCUT2D eigenvalue weighted by atomic mass is 10.1. The summed E-state index contributed by atoms with van der Waals surface area (Å²) in [5.41, 5.74) is 1.20. The van der Waals surface area contributed by atoms with Crippen LogP contribution in [-0.2, 0) is 6.42 Å². The molecule has 1 aliphatic carbocycles. The number of carbonyl (C=O) groups excluding carboxylic acids is 1. The van der Waals surface area contributed by atoms with Crippen LogP contribution in [0, 0.1) is 0 Å². The molecule has 4 heteroatoms. The van der Waals surface area contributed by atoms with Crippen molar-refractivity contribution in [3.8, 4) is 5.75 Å². The topological polar surface area (TPSA) is 50.4 Å². The Hall–Kier alpha value is -1.71. The van der Waals surface area contributed by atoms with E-state index in [1.807, 2.05) is 18.2 Å². The zero-order valence-electron chi connectivity index (χ0n) is 12.2. The number of urea groups is 1. The van der Waals surface area contributed by atoms with E-state index in [2.05, 4.69) is 23.6 Å². The summed E-state index contributed by atoms with van der Waals surface area (Å²) in [6.07, 6.45) is 5.61. The maximum atomic E-state index is 11.7. The number of para-hydroxylation sites is 1. The Balaban J connectivity index is 1.64. The summed E-state index contributed by atoms with van der Waals surface area (Å²) in [5.74, 6) is 0.910. The van der Waals surface area contributed by atoms with E-state index in [4.69, 9.17) is 4.74 Å². The number of nitrogens with one attached hydrogen (secondary N) is 2. The van der Waals surface area contributed by atoms with Gasteiger partial charge in [-0.3, -0.25) is 0 Å². The average molecular weight is 276 g/mol. The molecule has 1 saturated carbocycles. The number of amides is 2. The molecule has 110 valence electrons. The summed E-state index contributed by atoms with van der Waals surface area (Å²) in [6.45, 7) is 3.13. The van der Waals surface area contributed by atoms with Crippen LogP contribution in [0.5, 0.6) is 5.75 Å². The molecule has 2 rings (SSSR count). The standard InChI is InChI=1S/C16H24N2O2/c1-2-13-7-3-6-10-15(13)20-12-11-17-16(19)18-14-8-4-5-9-14/h3,6-7,10,14H,2,4-5,8-9,11-12H2,1H3,(H2,17,18,19). The smallest absolute Gasteiger partial charge is 0.315 e. The predicted molar refractivity (Wildman–Crippen MR) is 80.1 cm³/mol. The van der Waals surface area contributed by atoms with Crippen LogP contribution >= 0.6 is 0 Å². The predicted octanol–water partition coefficient (Wildman–Crippen LogP) is 2.87. The second-order valence-electron chi connectivity index (χ2n) is 5.19. The fourth-order valence-electron chi connectivity index (χ4n) is 2.57. The molecule has 0 saturated heterocycles. The van der Waals surface area contributed by atoms with Gasteiger partial charge in [-0.2, -0.15) is 0 Å². The molecule has 0 radical (unpaired) electrons. The highest BCUT2D eigenvalue weighted by molar-refractivity contribution is 5.74. The Kier molecular flexibility index (Phi) is 5.71. The number of carbonyl (C=O) groups is 1. The van der Waals surface area contributed by atoms with E-state index in [9.17, 15) is 4.79 Å². The zero-order chi connectivity index (χ0) is 14.2. The van der Waals surface area contributed by atoms with Gasteiger partial charge in [0.15, 0.2) is 0 Å². The molecule has 0 aliphatic heterocycles. The Morgan fingerprint density at radius 2 is 2.05 bits per heavy atom. The number of ether oxygens (including phenoxy) is 1. The molecule has 2 N–H and O–H groups in total. The summed E-state index contributed by atoms with van der Waals surface area (Å²) in [5, 5.41) is 5.84. The van der Waals surface area contributed by atoms with Gasteiger partial charge < -0.3 is 15.4 Å². The molecule has 2 amide bonds. The van der Waals surface area contributed by atoms with E-state index in [0.29, 0.717) is 19.2 Å². The minimum absolute atomic E-state index is 0.0794. The van der Waals surface area contributed by atoms with Crippen LogP contribution in [0.25, 0.3) is 0 Å². The summed E-state index contributed by atoms with van der Waals surface area (Å²) >= 11 is 0. The van der Waals surface area contributed by atoms with Gasteiger partial charge >= 0.3 is 6.03 Å². The van der Waals surface area contributed by atoms with Crippen molar-refractivity contribution in [1.82, 2.24) is 10.6 Å². The summed E-state index contributed by atoms with van der Waals surface area (Å²) in [4.78, 5) is 11.7. The fraction of sp³-hybridized carbons (Fsp3) is 0.562. The van der Waals surface area contributed by atoms with Crippen molar-refractivity contribution < 1.29 is 9.53 Å². The normalized spacial score (nSPS) is 15.1. The molecule has 0 heterocycles. The van der Waals surface area contributed by atoms with Gasteiger partial charge in [0.2, 0.25) is 0 Å². The largest absolute Gasteiger partial charge is 0.491 e. The van der Waals surface area contributed by atoms with E-state index in [1.54, 1.807) is 0 Å². The van der Waals surface area contributed by atoms with Crippen molar-refractivity contribution in [3.05, 3.63) is 29.8 Å². The van der Waals surface area contributed by atoms with Gasteiger partial charge in [0, 0.05) is 6.04 Å². The minimum atomic E-state index is -0.0794. The second kappa shape index (κ2) is 7.78. The van der Waals surface area contributed by atoms with Crippen molar-refractivity contribution in [3.63, 3.8) is 0 Å². The Morgan fingerprint density at radius 1 is 1.30 bits per heavy atom. The fourth-order valence-corrected chi connectivity index (χ4v) is 2.57. The van der Waals surface area contributed by atoms with Gasteiger partial charge in [0.25, 0.3) is 0 Å². The molecule has 0 aromatic heterocycles. The molecule has 1 aromatic carbocycles. The summed E-state index contributed by atoms with van der Waals surface area (Å²) in [7, 11) is 0. The van der Waals surface area contributed by atoms with Crippen molar-refractivity contribution >= 4 is 6.03 Å². The molecule has 0 unspecified atom stereocenters. The van der Waals surface area contributed by atoms with Crippen molar-refractivity contribution in [2.75, 3.05) is 13.2 Å². The number of benzene rings is 1. The lowest BCUT2D eigenvalue weighted by Crippen LogP contribution is -2.42. The van der Waals surface area contributed by atoms with Gasteiger partial charge in [-0.05, 0) is 30.9 Å². The van der Waals surface area contributed by atoms with Crippen LogP contribution in [0.2, 0.25) is 0 Å². The highest BCUT2D eigenvalue weighted by Crippen LogP contribution is 2.18. The first-order chi connectivity index (χ1) is 9.79. The first-order valence-electron chi connectivity index (χ1n) is 7.54. The minimum Gasteiger partial charge on any atom is -0.491 e. The summed E-state index contributed by atoms with van der Waals surface area (Å²) < 4.78 is 5.71. The molecule has 4 nitrogen and oxygen atoms in total. The molecule has 0 bridgehead atoms. The summed E-state index contributed by atoms with van der Waals surface area (Å²) in [6, 6.07) is 8.29. The van der Waals surface area contributed by atoms with Crippen LogP contribution in [-0.4, -0.2) is 25.2 Å². The average Bonchev–Trinajstić information content (AvgIpc) is 2.97. The molecule has 20 heavy (non-hydrogen) atoms. The van der Waals surface area contributed by atoms with Crippen LogP contribution in [0.1, 0.15) is 38.2 Å². The maximum absolute atomic E-state index is 11.7. The number of aryl methyl sites for hydroxylation is 1. The molecular formula is C16H24N2O2. The molecule has 1 aliphatic rings. The molecule has 0 spiro atoms. The zero-order valence-corrected chi connectivity index (χ0v) is 12.2. The van der Waals surface area contributed by atoms with E-state index >= 15 is 0 Å². The third kappa shape index (κ3) is 4.44. The Labute approximate surface area is 120 Å². The van der Waals surface area contributed by atoms with Crippen molar-refractivity contribution in [1.29, 1.82) is 0 Å². The second-order valence-corrected chi connectivity index (χ2v) is 5.19. The quantitative estimate of drug-likeness (QED) is 0.785. The maximum Gasteiger partial charge on any atom is 0.315 e. The highest BCUT2D eigenvalue weighted by Gasteiger charge is 2.16. The number of rotatable bonds is 6. The molecular weight excluding hydrogens is 252 g/mol. The van der Waals surface area contributed by atoms with Crippen molar-refractivity contribution in [2.24, 2.45) is 0 Å². The van der Waals surface area contributed by atoms with Crippen molar-refractivity contribution in [2.45, 2.75) is 45.1 Å². The van der Waals surface area contributed by atoms with Gasteiger partial charge in [0.1, 0.15) is 12.4 Å². The van der Waals surface area contributed by atoms with Crippen LogP contribution in [0.3, 0.4) is 0 Å². The third-order valence-electron chi connectivity index (χ3n) is 3.69. The number of hydrogen-bond acceptors (Lipinski definition) is 2.